The SMILES string of the molecule is CCN1c2cc(F)c(/C=N/NC(=O)c3cc4cc(Br)ccc4o3)cc2C(C)=CC1(C)C. The number of benzene rings is 2. The largest absolute Gasteiger partial charge is 0.451 e. The second-order valence-corrected chi connectivity index (χ2v) is 9.02. The molecule has 7 heteroatoms. The molecule has 0 bridgehead atoms. The van der Waals surface area contributed by atoms with Crippen molar-refractivity contribution in [2.24, 2.45) is 5.10 Å². The molecule has 0 radical (unpaired) electrons. The number of fused-ring (bicyclic) bond motifs is 2. The Labute approximate surface area is 188 Å². The molecule has 160 valence electrons. The number of carbonyl (C=O) groups excluding carboxylic acids is 1. The van der Waals surface area contributed by atoms with Gasteiger partial charge in [0.05, 0.1) is 11.8 Å². The van der Waals surface area contributed by atoms with Gasteiger partial charge >= 0.3 is 5.91 Å². The summed E-state index contributed by atoms with van der Waals surface area (Å²) < 4.78 is 21.3. The van der Waals surface area contributed by atoms with E-state index in [1.165, 1.54) is 12.3 Å². The summed E-state index contributed by atoms with van der Waals surface area (Å²) in [5.74, 6) is -0.762. The van der Waals surface area contributed by atoms with Gasteiger partial charge in [-0.25, -0.2) is 9.82 Å². The molecule has 31 heavy (non-hydrogen) atoms. The van der Waals surface area contributed by atoms with Gasteiger partial charge in [-0.15, -0.1) is 0 Å². The number of anilines is 1. The van der Waals surface area contributed by atoms with E-state index in [9.17, 15) is 9.18 Å². The van der Waals surface area contributed by atoms with Crippen molar-refractivity contribution >= 4 is 50.3 Å². The normalized spacial score (nSPS) is 15.3. The van der Waals surface area contributed by atoms with Crippen LogP contribution in [-0.2, 0) is 0 Å². The minimum atomic E-state index is -0.503. The molecule has 0 aliphatic carbocycles. The quantitative estimate of drug-likeness (QED) is 0.359. The highest BCUT2D eigenvalue weighted by atomic mass is 79.9. The lowest BCUT2D eigenvalue weighted by Crippen LogP contribution is -2.45. The van der Waals surface area contributed by atoms with Crippen molar-refractivity contribution in [3.63, 3.8) is 0 Å². The number of nitrogens with one attached hydrogen (secondary N) is 1. The van der Waals surface area contributed by atoms with E-state index in [0.29, 0.717) is 11.1 Å². The van der Waals surface area contributed by atoms with E-state index in [0.717, 1.165) is 33.2 Å². The number of halogens is 2. The molecule has 1 aliphatic rings. The number of furan rings is 1. The standard InChI is InChI=1S/C24H23BrFN3O2/c1-5-29-20-11-19(26)16(9-18(20)14(2)12-24(29,3)4)13-27-28-23(30)22-10-15-8-17(25)6-7-21(15)31-22/h6-13H,5H2,1-4H3,(H,28,30)/b27-13+. The van der Waals surface area contributed by atoms with Crippen molar-refractivity contribution < 1.29 is 13.6 Å². The lowest BCUT2D eigenvalue weighted by atomic mass is 9.88. The Kier molecular flexibility index (Phi) is 5.47. The van der Waals surface area contributed by atoms with Crippen molar-refractivity contribution in [1.29, 1.82) is 0 Å². The molecule has 1 aliphatic heterocycles. The molecule has 0 atom stereocenters. The van der Waals surface area contributed by atoms with Crippen molar-refractivity contribution in [3.05, 3.63) is 69.7 Å². The molecule has 0 unspecified atom stereocenters. The van der Waals surface area contributed by atoms with Crippen LogP contribution in [0, 0.1) is 5.82 Å². The molecule has 2 aromatic carbocycles. The third-order valence-electron chi connectivity index (χ3n) is 5.48. The van der Waals surface area contributed by atoms with Gasteiger partial charge < -0.3 is 9.32 Å². The van der Waals surface area contributed by atoms with E-state index in [1.54, 1.807) is 18.2 Å². The Morgan fingerprint density at radius 3 is 2.81 bits per heavy atom. The number of carbonyl (C=O) groups is 1. The highest BCUT2D eigenvalue weighted by molar-refractivity contribution is 9.10. The van der Waals surface area contributed by atoms with E-state index in [-0.39, 0.29) is 11.3 Å². The number of hydrogen-bond donors (Lipinski definition) is 1. The first kappa shape index (κ1) is 21.3. The Morgan fingerprint density at radius 2 is 2.06 bits per heavy atom. The molecular weight excluding hydrogens is 461 g/mol. The Balaban J connectivity index is 1.56. The molecule has 1 N–H and O–H groups in total. The molecular formula is C24H23BrFN3O2. The average Bonchev–Trinajstić information content (AvgIpc) is 3.11. The number of amides is 1. The molecule has 1 aromatic heterocycles. The van der Waals surface area contributed by atoms with Gasteiger partial charge in [0.15, 0.2) is 5.76 Å². The first-order chi connectivity index (χ1) is 14.7. The van der Waals surface area contributed by atoms with Crippen LogP contribution in [0.5, 0.6) is 0 Å². The molecule has 0 saturated heterocycles. The molecule has 3 aromatic rings. The minimum Gasteiger partial charge on any atom is -0.451 e. The lowest BCUT2D eigenvalue weighted by molar-refractivity contribution is 0.0929. The summed E-state index contributed by atoms with van der Waals surface area (Å²) >= 11 is 3.39. The van der Waals surface area contributed by atoms with Crippen LogP contribution < -0.4 is 10.3 Å². The van der Waals surface area contributed by atoms with Crippen molar-refractivity contribution in [3.8, 4) is 0 Å². The number of nitrogens with zero attached hydrogens (tertiary/aromatic N) is 2. The fourth-order valence-electron chi connectivity index (χ4n) is 4.13. The van der Waals surface area contributed by atoms with Gasteiger partial charge in [-0.1, -0.05) is 22.0 Å². The van der Waals surface area contributed by atoms with Crippen LogP contribution in [0.3, 0.4) is 0 Å². The number of rotatable bonds is 4. The lowest BCUT2D eigenvalue weighted by Gasteiger charge is -2.42. The van der Waals surface area contributed by atoms with Gasteiger partial charge in [-0.2, -0.15) is 5.10 Å². The van der Waals surface area contributed by atoms with Crippen molar-refractivity contribution in [2.75, 3.05) is 11.4 Å². The highest BCUT2D eigenvalue weighted by Crippen LogP contribution is 2.39. The van der Waals surface area contributed by atoms with Gasteiger partial charge in [-0.3, -0.25) is 4.79 Å². The molecule has 4 rings (SSSR count). The number of likely N-dealkylation sites (N-methyl/N-ethyl adjacent to an activating group) is 1. The van der Waals surface area contributed by atoms with E-state index in [4.69, 9.17) is 4.42 Å². The summed E-state index contributed by atoms with van der Waals surface area (Å²) in [6, 6.07) is 10.4. The summed E-state index contributed by atoms with van der Waals surface area (Å²) in [4.78, 5) is 14.5. The van der Waals surface area contributed by atoms with Gasteiger partial charge in [0.1, 0.15) is 11.4 Å². The third kappa shape index (κ3) is 4.02. The van der Waals surface area contributed by atoms with Crippen LogP contribution >= 0.6 is 15.9 Å². The molecule has 1 amide bonds. The highest BCUT2D eigenvalue weighted by Gasteiger charge is 2.31. The minimum absolute atomic E-state index is 0.135. The van der Waals surface area contributed by atoms with Crippen LogP contribution in [0.25, 0.3) is 16.5 Å². The second kappa shape index (κ2) is 7.96. The van der Waals surface area contributed by atoms with E-state index in [1.807, 2.05) is 19.1 Å². The maximum atomic E-state index is 14.8. The van der Waals surface area contributed by atoms with E-state index in [2.05, 4.69) is 58.2 Å². The summed E-state index contributed by atoms with van der Waals surface area (Å²) in [6.45, 7) is 9.07. The van der Waals surface area contributed by atoms with E-state index < -0.39 is 11.7 Å². The van der Waals surface area contributed by atoms with Crippen molar-refractivity contribution in [2.45, 2.75) is 33.2 Å². The van der Waals surface area contributed by atoms with Gasteiger partial charge in [-0.05, 0) is 69.7 Å². The Bertz CT molecular complexity index is 1240. The molecule has 0 fully saturated rings. The number of allylic oxidation sites excluding steroid dienone is 1. The first-order valence-corrected chi connectivity index (χ1v) is 10.8. The maximum Gasteiger partial charge on any atom is 0.307 e. The Morgan fingerprint density at radius 1 is 1.29 bits per heavy atom. The van der Waals surface area contributed by atoms with Crippen LogP contribution in [0.2, 0.25) is 0 Å². The third-order valence-corrected chi connectivity index (χ3v) is 5.98. The maximum absolute atomic E-state index is 14.8. The summed E-state index contributed by atoms with van der Waals surface area (Å²) in [7, 11) is 0. The summed E-state index contributed by atoms with van der Waals surface area (Å²) in [5.41, 5.74) is 6.02. The van der Waals surface area contributed by atoms with Crippen LogP contribution in [0.15, 0.2) is 56.5 Å². The topological polar surface area (TPSA) is 57.8 Å². The van der Waals surface area contributed by atoms with Gasteiger partial charge in [0.2, 0.25) is 0 Å². The van der Waals surface area contributed by atoms with Crippen molar-refractivity contribution in [1.82, 2.24) is 5.43 Å². The second-order valence-electron chi connectivity index (χ2n) is 8.11. The van der Waals surface area contributed by atoms with Gasteiger partial charge in [0.25, 0.3) is 0 Å². The van der Waals surface area contributed by atoms with E-state index >= 15 is 0 Å². The Hall–Kier alpha value is -2.93. The molecule has 0 saturated carbocycles. The van der Waals surface area contributed by atoms with Crippen LogP contribution in [0.4, 0.5) is 10.1 Å². The fraction of sp³-hybridized carbons (Fsp3) is 0.250. The van der Waals surface area contributed by atoms with Crippen LogP contribution in [0.1, 0.15) is 49.4 Å². The van der Waals surface area contributed by atoms with Crippen LogP contribution in [-0.4, -0.2) is 24.2 Å². The smallest absolute Gasteiger partial charge is 0.307 e. The summed E-state index contributed by atoms with van der Waals surface area (Å²) in [6.07, 6.45) is 3.50. The molecule has 0 spiro atoms. The predicted octanol–water partition coefficient (Wildman–Crippen LogP) is 6.12. The molecule has 5 nitrogen and oxygen atoms in total. The zero-order chi connectivity index (χ0) is 22.3. The average molecular weight is 484 g/mol. The zero-order valence-corrected chi connectivity index (χ0v) is 19.4. The van der Waals surface area contributed by atoms with Gasteiger partial charge in [0, 0.05) is 33.2 Å². The fourth-order valence-corrected chi connectivity index (χ4v) is 4.51. The predicted molar refractivity (Wildman–Crippen MR) is 126 cm³/mol. The monoisotopic (exact) mass is 483 g/mol. The number of hydrazone groups is 1. The molecule has 2 heterocycles. The first-order valence-electron chi connectivity index (χ1n) is 10.0. The zero-order valence-electron chi connectivity index (χ0n) is 17.8. The number of hydrogen-bond acceptors (Lipinski definition) is 4. The summed E-state index contributed by atoms with van der Waals surface area (Å²) in [5, 5.41) is 4.74.